The molecule has 1 N–H and O–H groups in total. The Hall–Kier alpha value is -1.75. The summed E-state index contributed by atoms with van der Waals surface area (Å²) < 4.78 is 2.02. The zero-order valence-electron chi connectivity index (χ0n) is 13.4. The number of hydrogen-bond acceptors (Lipinski definition) is 4. The van der Waals surface area contributed by atoms with Crippen LogP contribution in [-0.2, 0) is 19.4 Å². The summed E-state index contributed by atoms with van der Waals surface area (Å²) in [6.45, 7) is 7.45. The topological polar surface area (TPSA) is 55.6 Å². The van der Waals surface area contributed by atoms with E-state index in [1.807, 2.05) is 24.1 Å². The first-order chi connectivity index (χ1) is 10.2. The molecule has 114 valence electrons. The number of likely N-dealkylation sites (N-methyl/N-ethyl adjacent to an activating group) is 1. The molecule has 5 heteroatoms. The lowest BCUT2D eigenvalue weighted by Gasteiger charge is -2.19. The van der Waals surface area contributed by atoms with Crippen molar-refractivity contribution < 1.29 is 0 Å². The zero-order chi connectivity index (χ0) is 15.2. The largest absolute Gasteiger partial charge is 0.313 e. The molecule has 0 aliphatic carbocycles. The van der Waals surface area contributed by atoms with Crippen molar-refractivity contribution in [3.8, 4) is 0 Å². The number of aromatic nitrogens is 4. The first kappa shape index (κ1) is 15.6. The van der Waals surface area contributed by atoms with Crippen LogP contribution >= 0.6 is 0 Å². The van der Waals surface area contributed by atoms with Gasteiger partial charge in [-0.25, -0.2) is 9.67 Å². The summed E-state index contributed by atoms with van der Waals surface area (Å²) in [5.41, 5.74) is 2.58. The molecule has 2 aromatic heterocycles. The van der Waals surface area contributed by atoms with Crippen molar-refractivity contribution in [2.75, 3.05) is 7.05 Å². The Morgan fingerprint density at radius 2 is 2.14 bits per heavy atom. The molecule has 0 aliphatic heterocycles. The first-order valence-corrected chi connectivity index (χ1v) is 7.62. The predicted molar refractivity (Wildman–Crippen MR) is 84.0 cm³/mol. The van der Waals surface area contributed by atoms with Gasteiger partial charge in [-0.1, -0.05) is 20.8 Å². The molecule has 0 fully saturated rings. The highest BCUT2D eigenvalue weighted by Crippen LogP contribution is 2.21. The van der Waals surface area contributed by atoms with Crippen LogP contribution in [0.25, 0.3) is 0 Å². The minimum absolute atomic E-state index is 0.234. The van der Waals surface area contributed by atoms with Crippen LogP contribution in [-0.4, -0.2) is 26.8 Å². The van der Waals surface area contributed by atoms with Crippen LogP contribution in [0.1, 0.15) is 43.8 Å². The lowest BCUT2D eigenvalue weighted by molar-refractivity contribution is 0.451. The molecule has 0 amide bonds. The number of rotatable bonds is 7. The second kappa shape index (κ2) is 7.31. The number of nitrogens with zero attached hydrogens (tertiary/aromatic N) is 4. The van der Waals surface area contributed by atoms with E-state index in [1.54, 1.807) is 6.33 Å². The first-order valence-electron chi connectivity index (χ1n) is 7.62. The van der Waals surface area contributed by atoms with E-state index in [0.717, 1.165) is 25.2 Å². The quantitative estimate of drug-likeness (QED) is 0.849. The van der Waals surface area contributed by atoms with E-state index in [2.05, 4.69) is 47.2 Å². The molecule has 5 nitrogen and oxygen atoms in total. The van der Waals surface area contributed by atoms with Crippen LogP contribution in [0.4, 0.5) is 0 Å². The highest BCUT2D eigenvalue weighted by atomic mass is 15.3. The van der Waals surface area contributed by atoms with Gasteiger partial charge in [-0.15, -0.1) is 0 Å². The van der Waals surface area contributed by atoms with Gasteiger partial charge < -0.3 is 5.32 Å². The summed E-state index contributed by atoms with van der Waals surface area (Å²) in [7, 11) is 1.99. The standard InChI is InChI=1S/C16H25N5/c1-5-13-9-18-7-6-14(13)15(17-4)8-16-19-11-20-21(16)10-12(2)3/h6-7,9,11-12,15,17H,5,8,10H2,1-4H3. The zero-order valence-corrected chi connectivity index (χ0v) is 13.4. The molecule has 0 radical (unpaired) electrons. The lowest BCUT2D eigenvalue weighted by atomic mass is 9.98. The summed E-state index contributed by atoms with van der Waals surface area (Å²) >= 11 is 0. The van der Waals surface area contributed by atoms with Gasteiger partial charge in [0.1, 0.15) is 12.2 Å². The van der Waals surface area contributed by atoms with E-state index in [4.69, 9.17) is 0 Å². The monoisotopic (exact) mass is 287 g/mol. The fraction of sp³-hybridized carbons (Fsp3) is 0.562. The van der Waals surface area contributed by atoms with Crippen molar-refractivity contribution >= 4 is 0 Å². The molecule has 0 bridgehead atoms. The summed E-state index contributed by atoms with van der Waals surface area (Å²) in [4.78, 5) is 8.66. The molecule has 0 saturated carbocycles. The van der Waals surface area contributed by atoms with E-state index < -0.39 is 0 Å². The molecule has 2 aromatic rings. The maximum atomic E-state index is 4.43. The Kier molecular flexibility index (Phi) is 5.44. The number of pyridine rings is 1. The number of aryl methyl sites for hydroxylation is 1. The average molecular weight is 287 g/mol. The molecule has 2 heterocycles. The van der Waals surface area contributed by atoms with Gasteiger partial charge in [0, 0.05) is 31.4 Å². The Balaban J connectivity index is 2.21. The highest BCUT2D eigenvalue weighted by molar-refractivity contribution is 5.27. The van der Waals surface area contributed by atoms with Gasteiger partial charge in [-0.05, 0) is 36.6 Å². The van der Waals surface area contributed by atoms with Crippen molar-refractivity contribution in [1.29, 1.82) is 0 Å². The maximum Gasteiger partial charge on any atom is 0.138 e. The van der Waals surface area contributed by atoms with Crippen molar-refractivity contribution in [1.82, 2.24) is 25.1 Å². The van der Waals surface area contributed by atoms with E-state index in [9.17, 15) is 0 Å². The molecular formula is C16H25N5. The summed E-state index contributed by atoms with van der Waals surface area (Å²) in [5, 5.41) is 7.75. The fourth-order valence-corrected chi connectivity index (χ4v) is 2.57. The molecule has 0 spiro atoms. The Morgan fingerprint density at radius 1 is 1.33 bits per heavy atom. The lowest BCUT2D eigenvalue weighted by Crippen LogP contribution is -2.23. The smallest absolute Gasteiger partial charge is 0.138 e. The van der Waals surface area contributed by atoms with Crippen LogP contribution in [0.2, 0.25) is 0 Å². The Bertz CT molecular complexity index is 561. The summed E-state index contributed by atoms with van der Waals surface area (Å²) in [6.07, 6.45) is 7.29. The molecule has 0 saturated heterocycles. The van der Waals surface area contributed by atoms with Gasteiger partial charge in [-0.2, -0.15) is 5.10 Å². The van der Waals surface area contributed by atoms with E-state index in [-0.39, 0.29) is 6.04 Å². The van der Waals surface area contributed by atoms with Gasteiger partial charge in [0.25, 0.3) is 0 Å². The second-order valence-corrected chi connectivity index (χ2v) is 5.73. The minimum atomic E-state index is 0.234. The Morgan fingerprint density at radius 3 is 2.81 bits per heavy atom. The molecule has 0 aliphatic rings. The van der Waals surface area contributed by atoms with Crippen molar-refractivity contribution in [2.24, 2.45) is 5.92 Å². The van der Waals surface area contributed by atoms with Gasteiger partial charge in [0.2, 0.25) is 0 Å². The van der Waals surface area contributed by atoms with E-state index >= 15 is 0 Å². The van der Waals surface area contributed by atoms with Gasteiger partial charge in [0.15, 0.2) is 0 Å². The SMILES string of the molecule is CCc1cnccc1C(Cc1ncnn1CC(C)C)NC. The molecule has 0 aromatic carbocycles. The van der Waals surface area contributed by atoms with Crippen LogP contribution in [0, 0.1) is 5.92 Å². The molecule has 1 atom stereocenters. The van der Waals surface area contributed by atoms with Crippen LogP contribution < -0.4 is 5.32 Å². The van der Waals surface area contributed by atoms with Crippen LogP contribution in [0.3, 0.4) is 0 Å². The van der Waals surface area contributed by atoms with Crippen molar-refractivity contribution in [3.63, 3.8) is 0 Å². The molecule has 21 heavy (non-hydrogen) atoms. The third-order valence-electron chi connectivity index (χ3n) is 3.67. The highest BCUT2D eigenvalue weighted by Gasteiger charge is 2.17. The molecule has 1 unspecified atom stereocenters. The third-order valence-corrected chi connectivity index (χ3v) is 3.67. The normalized spacial score (nSPS) is 12.8. The van der Waals surface area contributed by atoms with Gasteiger partial charge in [0.05, 0.1) is 0 Å². The minimum Gasteiger partial charge on any atom is -0.313 e. The average Bonchev–Trinajstić information content (AvgIpc) is 2.91. The molecule has 2 rings (SSSR count). The van der Waals surface area contributed by atoms with Crippen molar-refractivity contribution in [2.45, 2.75) is 46.2 Å². The molecular weight excluding hydrogens is 262 g/mol. The number of nitrogens with one attached hydrogen (secondary N) is 1. The van der Waals surface area contributed by atoms with Crippen LogP contribution in [0.5, 0.6) is 0 Å². The second-order valence-electron chi connectivity index (χ2n) is 5.73. The van der Waals surface area contributed by atoms with Gasteiger partial charge in [-0.3, -0.25) is 4.98 Å². The fourth-order valence-electron chi connectivity index (χ4n) is 2.57. The van der Waals surface area contributed by atoms with Crippen molar-refractivity contribution in [3.05, 3.63) is 41.7 Å². The van der Waals surface area contributed by atoms with E-state index in [1.165, 1.54) is 11.1 Å². The van der Waals surface area contributed by atoms with Gasteiger partial charge >= 0.3 is 0 Å². The van der Waals surface area contributed by atoms with E-state index in [0.29, 0.717) is 5.92 Å². The maximum absolute atomic E-state index is 4.43. The predicted octanol–water partition coefficient (Wildman–Crippen LogP) is 2.39. The summed E-state index contributed by atoms with van der Waals surface area (Å²) in [5.74, 6) is 1.59. The van der Waals surface area contributed by atoms with Crippen LogP contribution in [0.15, 0.2) is 24.8 Å². The third kappa shape index (κ3) is 3.88. The number of hydrogen-bond donors (Lipinski definition) is 1. The summed E-state index contributed by atoms with van der Waals surface area (Å²) in [6, 6.07) is 2.33. The Labute approximate surface area is 126 Å².